The van der Waals surface area contributed by atoms with E-state index >= 15 is 0 Å². The Morgan fingerprint density at radius 1 is 1.38 bits per heavy atom. The molecule has 0 aliphatic carbocycles. The van der Waals surface area contributed by atoms with Crippen LogP contribution in [0, 0.1) is 6.92 Å². The van der Waals surface area contributed by atoms with Crippen molar-refractivity contribution >= 4 is 6.08 Å². The molecule has 1 aliphatic rings. The number of fused-ring (bicyclic) bond motifs is 1. The van der Waals surface area contributed by atoms with Crippen molar-refractivity contribution in [3.05, 3.63) is 46.5 Å². The number of ether oxygens (including phenoxy) is 1. The summed E-state index contributed by atoms with van der Waals surface area (Å²) in [7, 11) is 0. The molecule has 0 unspecified atom stereocenters. The van der Waals surface area contributed by atoms with Crippen LogP contribution in [0.2, 0.25) is 0 Å². The number of allylic oxidation sites excluding steroid dienone is 2. The van der Waals surface area contributed by atoms with E-state index in [1.54, 1.807) is 0 Å². The molecule has 1 aromatic rings. The molecule has 1 nitrogen and oxygen atoms in total. The SMILES string of the molecule is CC(C)=CCc1cc(C)c2c(c1)C=CCO2. The van der Waals surface area contributed by atoms with Crippen LogP contribution in [0.4, 0.5) is 0 Å². The van der Waals surface area contributed by atoms with Gasteiger partial charge in [-0.3, -0.25) is 0 Å². The molecule has 1 aromatic carbocycles. The first-order valence-corrected chi connectivity index (χ1v) is 5.73. The van der Waals surface area contributed by atoms with E-state index in [2.05, 4.69) is 51.1 Å². The van der Waals surface area contributed by atoms with Crippen LogP contribution in [0.5, 0.6) is 5.75 Å². The van der Waals surface area contributed by atoms with Gasteiger partial charge in [0.2, 0.25) is 0 Å². The van der Waals surface area contributed by atoms with Crippen molar-refractivity contribution in [2.45, 2.75) is 27.2 Å². The van der Waals surface area contributed by atoms with E-state index in [9.17, 15) is 0 Å². The van der Waals surface area contributed by atoms with Crippen molar-refractivity contribution in [2.75, 3.05) is 6.61 Å². The van der Waals surface area contributed by atoms with Gasteiger partial charge < -0.3 is 4.74 Å². The molecular formula is C15H18O. The average Bonchev–Trinajstić information content (AvgIpc) is 2.26. The minimum atomic E-state index is 0.696. The molecule has 0 amide bonds. The zero-order valence-corrected chi connectivity index (χ0v) is 10.2. The number of aryl methyl sites for hydroxylation is 1. The normalized spacial score (nSPS) is 12.9. The van der Waals surface area contributed by atoms with Crippen LogP contribution >= 0.6 is 0 Å². The lowest BCUT2D eigenvalue weighted by Crippen LogP contribution is -2.03. The van der Waals surface area contributed by atoms with Gasteiger partial charge in [0.15, 0.2) is 0 Å². The van der Waals surface area contributed by atoms with E-state index in [-0.39, 0.29) is 0 Å². The first kappa shape index (κ1) is 11.0. The van der Waals surface area contributed by atoms with Gasteiger partial charge in [0, 0.05) is 5.56 Å². The van der Waals surface area contributed by atoms with E-state index in [1.165, 1.54) is 22.3 Å². The molecule has 16 heavy (non-hydrogen) atoms. The topological polar surface area (TPSA) is 9.23 Å². The Kier molecular flexibility index (Phi) is 3.14. The Labute approximate surface area is 97.4 Å². The summed E-state index contributed by atoms with van der Waals surface area (Å²) in [5.74, 6) is 1.04. The van der Waals surface area contributed by atoms with Gasteiger partial charge in [-0.05, 0) is 50.5 Å². The smallest absolute Gasteiger partial charge is 0.129 e. The summed E-state index contributed by atoms with van der Waals surface area (Å²) < 4.78 is 5.63. The highest BCUT2D eigenvalue weighted by atomic mass is 16.5. The zero-order valence-electron chi connectivity index (χ0n) is 10.2. The largest absolute Gasteiger partial charge is 0.489 e. The first-order chi connectivity index (χ1) is 7.66. The zero-order chi connectivity index (χ0) is 11.5. The van der Waals surface area contributed by atoms with Gasteiger partial charge in [0.25, 0.3) is 0 Å². The van der Waals surface area contributed by atoms with Crippen molar-refractivity contribution < 1.29 is 4.74 Å². The molecule has 1 heterocycles. The van der Waals surface area contributed by atoms with E-state index in [0.717, 1.165) is 12.2 Å². The second-order valence-corrected chi connectivity index (χ2v) is 4.53. The van der Waals surface area contributed by atoms with E-state index in [4.69, 9.17) is 4.74 Å². The van der Waals surface area contributed by atoms with Crippen molar-refractivity contribution in [3.8, 4) is 5.75 Å². The number of hydrogen-bond acceptors (Lipinski definition) is 1. The summed E-state index contributed by atoms with van der Waals surface area (Å²) in [6.45, 7) is 7.08. The van der Waals surface area contributed by atoms with Crippen LogP contribution in [0.1, 0.15) is 30.5 Å². The molecule has 84 valence electrons. The first-order valence-electron chi connectivity index (χ1n) is 5.73. The molecule has 0 fully saturated rings. The molecule has 0 aromatic heterocycles. The van der Waals surface area contributed by atoms with Crippen LogP contribution in [-0.2, 0) is 6.42 Å². The van der Waals surface area contributed by atoms with Crippen molar-refractivity contribution in [1.82, 2.24) is 0 Å². The summed E-state index contributed by atoms with van der Waals surface area (Å²) in [6.07, 6.45) is 7.48. The monoisotopic (exact) mass is 214 g/mol. The second-order valence-electron chi connectivity index (χ2n) is 4.53. The fourth-order valence-corrected chi connectivity index (χ4v) is 1.95. The Morgan fingerprint density at radius 3 is 2.94 bits per heavy atom. The maximum atomic E-state index is 5.63. The summed E-state index contributed by atoms with van der Waals surface area (Å²) in [6, 6.07) is 4.44. The molecule has 1 aliphatic heterocycles. The predicted molar refractivity (Wildman–Crippen MR) is 68.8 cm³/mol. The minimum absolute atomic E-state index is 0.696. The lowest BCUT2D eigenvalue weighted by Gasteiger charge is -2.16. The molecule has 1 heteroatoms. The van der Waals surface area contributed by atoms with Crippen molar-refractivity contribution in [3.63, 3.8) is 0 Å². The van der Waals surface area contributed by atoms with Gasteiger partial charge in [0.1, 0.15) is 12.4 Å². The molecular weight excluding hydrogens is 196 g/mol. The third-order valence-electron chi connectivity index (χ3n) is 2.73. The van der Waals surface area contributed by atoms with Gasteiger partial charge in [0.05, 0.1) is 0 Å². The van der Waals surface area contributed by atoms with Crippen LogP contribution in [-0.4, -0.2) is 6.61 Å². The average molecular weight is 214 g/mol. The van der Waals surface area contributed by atoms with Gasteiger partial charge in [-0.15, -0.1) is 0 Å². The third kappa shape index (κ3) is 2.35. The van der Waals surface area contributed by atoms with Crippen LogP contribution in [0.25, 0.3) is 6.08 Å². The molecule has 0 spiro atoms. The highest BCUT2D eigenvalue weighted by Crippen LogP contribution is 2.29. The lowest BCUT2D eigenvalue weighted by molar-refractivity contribution is 0.356. The maximum absolute atomic E-state index is 5.63. The summed E-state index contributed by atoms with van der Waals surface area (Å²) in [5, 5.41) is 0. The summed E-state index contributed by atoms with van der Waals surface area (Å²) in [4.78, 5) is 0. The van der Waals surface area contributed by atoms with E-state index in [0.29, 0.717) is 6.61 Å². The molecule has 0 bridgehead atoms. The van der Waals surface area contributed by atoms with E-state index < -0.39 is 0 Å². The third-order valence-corrected chi connectivity index (χ3v) is 2.73. The number of benzene rings is 1. The fraction of sp³-hybridized carbons (Fsp3) is 0.333. The Hall–Kier alpha value is -1.50. The quantitative estimate of drug-likeness (QED) is 0.678. The van der Waals surface area contributed by atoms with E-state index in [1.807, 2.05) is 0 Å². The van der Waals surface area contributed by atoms with Crippen molar-refractivity contribution in [2.24, 2.45) is 0 Å². The van der Waals surface area contributed by atoms with Crippen LogP contribution in [0.3, 0.4) is 0 Å². The molecule has 0 atom stereocenters. The van der Waals surface area contributed by atoms with Gasteiger partial charge in [-0.25, -0.2) is 0 Å². The van der Waals surface area contributed by atoms with Crippen LogP contribution in [0.15, 0.2) is 29.9 Å². The second kappa shape index (κ2) is 4.56. The van der Waals surface area contributed by atoms with Crippen molar-refractivity contribution in [1.29, 1.82) is 0 Å². The molecule has 0 N–H and O–H groups in total. The fourth-order valence-electron chi connectivity index (χ4n) is 1.95. The highest BCUT2D eigenvalue weighted by Gasteiger charge is 2.09. The van der Waals surface area contributed by atoms with Crippen LogP contribution < -0.4 is 4.74 Å². The summed E-state index contributed by atoms with van der Waals surface area (Å²) >= 11 is 0. The Bertz CT molecular complexity index is 449. The lowest BCUT2D eigenvalue weighted by atomic mass is 10.0. The highest BCUT2D eigenvalue weighted by molar-refractivity contribution is 5.63. The molecule has 2 rings (SSSR count). The predicted octanol–water partition coefficient (Wildman–Crippen LogP) is 3.91. The Balaban J connectivity index is 2.33. The number of hydrogen-bond donors (Lipinski definition) is 0. The van der Waals surface area contributed by atoms with Gasteiger partial charge in [-0.2, -0.15) is 0 Å². The standard InChI is InChI=1S/C15H18O/c1-11(2)6-7-13-9-12(3)15-14(10-13)5-4-8-16-15/h4-6,9-10H,7-8H2,1-3H3. The molecule has 0 saturated heterocycles. The summed E-state index contributed by atoms with van der Waals surface area (Å²) in [5.41, 5.74) is 5.16. The Morgan fingerprint density at radius 2 is 2.19 bits per heavy atom. The molecule has 0 saturated carbocycles. The molecule has 0 radical (unpaired) electrons. The maximum Gasteiger partial charge on any atom is 0.129 e. The minimum Gasteiger partial charge on any atom is -0.489 e. The van der Waals surface area contributed by atoms with Gasteiger partial charge in [-0.1, -0.05) is 23.8 Å². The number of rotatable bonds is 2. The van der Waals surface area contributed by atoms with Gasteiger partial charge >= 0.3 is 0 Å².